The van der Waals surface area contributed by atoms with E-state index >= 15 is 0 Å². The zero-order valence-electron chi connectivity index (χ0n) is 12.5. The number of anilines is 1. The highest BCUT2D eigenvalue weighted by molar-refractivity contribution is 6.13. The lowest BCUT2D eigenvalue weighted by molar-refractivity contribution is -0.139. The summed E-state index contributed by atoms with van der Waals surface area (Å²) in [5, 5.41) is 0. The summed E-state index contributed by atoms with van der Waals surface area (Å²) in [5.41, 5.74) is 7.17. The van der Waals surface area contributed by atoms with Crippen molar-refractivity contribution < 1.29 is 9.59 Å². The van der Waals surface area contributed by atoms with Crippen LogP contribution >= 0.6 is 0 Å². The van der Waals surface area contributed by atoms with E-state index in [4.69, 9.17) is 5.73 Å². The molecule has 1 heterocycles. The summed E-state index contributed by atoms with van der Waals surface area (Å²) in [7, 11) is 0. The molecule has 0 spiro atoms. The summed E-state index contributed by atoms with van der Waals surface area (Å²) in [6.45, 7) is 2.06. The minimum atomic E-state index is -1.19. The van der Waals surface area contributed by atoms with Gasteiger partial charge in [0, 0.05) is 5.69 Å². The first-order valence-corrected chi connectivity index (χ1v) is 7.26. The van der Waals surface area contributed by atoms with Gasteiger partial charge in [-0.05, 0) is 30.5 Å². The van der Waals surface area contributed by atoms with E-state index in [-0.39, 0.29) is 5.91 Å². The second-order valence-electron chi connectivity index (χ2n) is 5.88. The molecule has 4 heteroatoms. The second kappa shape index (κ2) is 5.30. The van der Waals surface area contributed by atoms with Crippen molar-refractivity contribution in [3.05, 3.63) is 65.7 Å². The Labute approximate surface area is 129 Å². The lowest BCUT2D eigenvalue weighted by Crippen LogP contribution is -2.53. The standard InChI is InChI=1S/C18H18N2O2/c1-18(16(19)21)11-14-9-5-6-10-15(14)20(17(18)22)12-13-7-3-2-4-8-13/h2-10H,11-12H2,1H3,(H2,19,21). The number of para-hydroxylation sites is 1. The van der Waals surface area contributed by atoms with Gasteiger partial charge in [-0.1, -0.05) is 48.5 Å². The maximum Gasteiger partial charge on any atom is 0.243 e. The highest BCUT2D eigenvalue weighted by Crippen LogP contribution is 2.38. The van der Waals surface area contributed by atoms with Gasteiger partial charge in [-0.25, -0.2) is 0 Å². The first kappa shape index (κ1) is 14.3. The number of hydrogen-bond acceptors (Lipinski definition) is 2. The van der Waals surface area contributed by atoms with Crippen LogP contribution in [0.2, 0.25) is 0 Å². The minimum Gasteiger partial charge on any atom is -0.369 e. The van der Waals surface area contributed by atoms with Crippen molar-refractivity contribution in [1.29, 1.82) is 0 Å². The van der Waals surface area contributed by atoms with E-state index < -0.39 is 11.3 Å². The number of primary amides is 1. The predicted octanol–water partition coefficient (Wildman–Crippen LogP) is 2.27. The van der Waals surface area contributed by atoms with Gasteiger partial charge in [0.1, 0.15) is 5.41 Å². The molecule has 0 aliphatic carbocycles. The molecule has 3 rings (SSSR count). The van der Waals surface area contributed by atoms with Gasteiger partial charge in [0.05, 0.1) is 6.54 Å². The average molecular weight is 294 g/mol. The van der Waals surface area contributed by atoms with E-state index in [1.165, 1.54) is 0 Å². The molecule has 2 aromatic rings. The monoisotopic (exact) mass is 294 g/mol. The van der Waals surface area contributed by atoms with Gasteiger partial charge >= 0.3 is 0 Å². The first-order valence-electron chi connectivity index (χ1n) is 7.26. The van der Waals surface area contributed by atoms with Crippen LogP contribution in [0.3, 0.4) is 0 Å². The third-order valence-corrected chi connectivity index (χ3v) is 4.27. The average Bonchev–Trinajstić information content (AvgIpc) is 2.52. The highest BCUT2D eigenvalue weighted by atomic mass is 16.2. The molecule has 4 nitrogen and oxygen atoms in total. The number of benzene rings is 2. The van der Waals surface area contributed by atoms with Gasteiger partial charge < -0.3 is 10.6 Å². The Kier molecular flexibility index (Phi) is 3.45. The summed E-state index contributed by atoms with van der Waals surface area (Å²) < 4.78 is 0. The number of fused-ring (bicyclic) bond motifs is 1. The second-order valence-corrected chi connectivity index (χ2v) is 5.88. The van der Waals surface area contributed by atoms with E-state index in [0.29, 0.717) is 13.0 Å². The summed E-state index contributed by atoms with van der Waals surface area (Å²) >= 11 is 0. The molecule has 1 aliphatic heterocycles. The topological polar surface area (TPSA) is 63.4 Å². The van der Waals surface area contributed by atoms with Crippen LogP contribution < -0.4 is 10.6 Å². The molecule has 0 fully saturated rings. The smallest absolute Gasteiger partial charge is 0.243 e. The highest BCUT2D eigenvalue weighted by Gasteiger charge is 2.46. The van der Waals surface area contributed by atoms with Gasteiger partial charge in [0.2, 0.25) is 11.8 Å². The molecule has 0 saturated carbocycles. The van der Waals surface area contributed by atoms with Crippen molar-refractivity contribution in [2.75, 3.05) is 4.90 Å². The third-order valence-electron chi connectivity index (χ3n) is 4.27. The Morgan fingerprint density at radius 3 is 2.45 bits per heavy atom. The van der Waals surface area contributed by atoms with Crippen LogP contribution in [0.1, 0.15) is 18.1 Å². The van der Waals surface area contributed by atoms with Gasteiger partial charge in [0.25, 0.3) is 0 Å². The number of carbonyl (C=O) groups is 2. The Hall–Kier alpha value is -2.62. The fourth-order valence-corrected chi connectivity index (χ4v) is 2.90. The summed E-state index contributed by atoms with van der Waals surface area (Å²) in [5.74, 6) is -0.812. The lowest BCUT2D eigenvalue weighted by Gasteiger charge is -2.38. The fourth-order valence-electron chi connectivity index (χ4n) is 2.90. The van der Waals surface area contributed by atoms with Crippen molar-refractivity contribution >= 4 is 17.5 Å². The van der Waals surface area contributed by atoms with Crippen LogP contribution in [0.5, 0.6) is 0 Å². The van der Waals surface area contributed by atoms with Crippen molar-refractivity contribution in [3.63, 3.8) is 0 Å². The Balaban J connectivity index is 2.06. The molecular weight excluding hydrogens is 276 g/mol. The van der Waals surface area contributed by atoms with Gasteiger partial charge in [-0.15, -0.1) is 0 Å². The predicted molar refractivity (Wildman–Crippen MR) is 85.1 cm³/mol. The minimum absolute atomic E-state index is 0.234. The van der Waals surface area contributed by atoms with Crippen molar-refractivity contribution in [1.82, 2.24) is 0 Å². The quantitative estimate of drug-likeness (QED) is 0.883. The number of rotatable bonds is 3. The molecule has 1 atom stereocenters. The van der Waals surface area contributed by atoms with E-state index in [1.54, 1.807) is 11.8 Å². The Morgan fingerprint density at radius 2 is 1.77 bits per heavy atom. The molecule has 0 bridgehead atoms. The lowest BCUT2D eigenvalue weighted by atomic mass is 9.77. The van der Waals surface area contributed by atoms with Crippen LogP contribution in [0, 0.1) is 5.41 Å². The molecule has 0 radical (unpaired) electrons. The molecule has 1 aliphatic rings. The molecule has 0 aromatic heterocycles. The number of amides is 2. The van der Waals surface area contributed by atoms with Crippen LogP contribution in [0.4, 0.5) is 5.69 Å². The number of carbonyl (C=O) groups excluding carboxylic acids is 2. The van der Waals surface area contributed by atoms with E-state index in [0.717, 1.165) is 16.8 Å². The maximum atomic E-state index is 12.9. The maximum absolute atomic E-state index is 12.9. The normalized spacial score (nSPS) is 20.6. The summed E-state index contributed by atoms with van der Waals surface area (Å²) in [6.07, 6.45) is 0.350. The van der Waals surface area contributed by atoms with Crippen molar-refractivity contribution in [2.24, 2.45) is 11.1 Å². The summed E-state index contributed by atoms with van der Waals surface area (Å²) in [6, 6.07) is 17.4. The first-order chi connectivity index (χ1) is 10.5. The van der Waals surface area contributed by atoms with Crippen LogP contribution in [-0.4, -0.2) is 11.8 Å². The molecule has 22 heavy (non-hydrogen) atoms. The SMILES string of the molecule is CC1(C(N)=O)Cc2ccccc2N(Cc2ccccc2)C1=O. The molecular formula is C18H18N2O2. The summed E-state index contributed by atoms with van der Waals surface area (Å²) in [4.78, 5) is 26.4. The molecule has 0 saturated heterocycles. The van der Waals surface area contributed by atoms with Gasteiger partial charge in [0.15, 0.2) is 0 Å². The molecule has 2 amide bonds. The largest absolute Gasteiger partial charge is 0.369 e. The van der Waals surface area contributed by atoms with Crippen LogP contribution in [0.15, 0.2) is 54.6 Å². The molecule has 2 N–H and O–H groups in total. The molecule has 112 valence electrons. The number of nitrogens with zero attached hydrogens (tertiary/aromatic N) is 1. The van der Waals surface area contributed by atoms with Crippen LogP contribution in [-0.2, 0) is 22.6 Å². The van der Waals surface area contributed by atoms with Gasteiger partial charge in [-0.2, -0.15) is 0 Å². The molecule has 2 aromatic carbocycles. The number of nitrogens with two attached hydrogens (primary N) is 1. The van der Waals surface area contributed by atoms with Crippen LogP contribution in [0.25, 0.3) is 0 Å². The van der Waals surface area contributed by atoms with Gasteiger partial charge in [-0.3, -0.25) is 9.59 Å². The molecule has 1 unspecified atom stereocenters. The Morgan fingerprint density at radius 1 is 1.14 bits per heavy atom. The van der Waals surface area contributed by atoms with E-state index in [9.17, 15) is 9.59 Å². The zero-order valence-corrected chi connectivity index (χ0v) is 12.5. The Bertz CT molecular complexity index is 727. The zero-order chi connectivity index (χ0) is 15.7. The van der Waals surface area contributed by atoms with E-state index in [2.05, 4.69) is 0 Å². The number of hydrogen-bond donors (Lipinski definition) is 1. The van der Waals surface area contributed by atoms with Crippen molar-refractivity contribution in [2.45, 2.75) is 19.9 Å². The van der Waals surface area contributed by atoms with Crippen molar-refractivity contribution in [3.8, 4) is 0 Å². The van der Waals surface area contributed by atoms with E-state index in [1.807, 2.05) is 54.6 Å². The third kappa shape index (κ3) is 2.26. The fraction of sp³-hybridized carbons (Fsp3) is 0.222.